The Morgan fingerprint density at radius 2 is 0.740 bits per heavy atom. The summed E-state index contributed by atoms with van der Waals surface area (Å²) in [7, 11) is 0. The number of aliphatic hydroxyl groups is 17. The van der Waals surface area contributed by atoms with E-state index in [1.165, 1.54) is 135 Å². The number of amides is 4. The average molecular weight is 1840 g/mol. The van der Waals surface area contributed by atoms with Crippen LogP contribution in [0.2, 0.25) is 0 Å². The van der Waals surface area contributed by atoms with Gasteiger partial charge in [0.15, 0.2) is 12.6 Å². The predicted octanol–water partition coefficient (Wildman–Crippen LogP) is -0.313. The van der Waals surface area contributed by atoms with Gasteiger partial charge >= 0.3 is 17.9 Å². The standard InChI is InChI=1S/C86H154N4O37/c1-6-8-10-12-14-16-18-20-21-22-23-24-25-26-28-30-32-34-36-38-40-63(104)90-53(54(99)39-37-35-33-31-29-27-19-17-15-13-11-9-7-2)49-118-79-72(110)71(109)74(62(48-95)120-79)121-80-73(111)78(68(106)59(45-92)119-80)127-86(83(116)117)43-57(102)66(89-52(5)98)77(126-86)70(108)61(47-94)123-85(82(114)115)42-56(101)65(88-51(4)97)76(125-85)69(107)60(46-93)122-84(81(112)113)41-55(100)64(87-50(3)96)75(124-84)67(105)58(103)44-91/h53-62,64-80,91-95,99-103,105-111H,6-49H2,1-5H3,(H,87,96)(H,88,97)(H,89,98)(H,90,104)(H,112,113)(H,114,115)(H,116,117)/t53-,54+,55-,56-,57-,58+,59+,60+,61+,62+,64+,65+,66+,67+,68-,69+,70+,71+,72+,73+,74+,75?,76?,77?,78-,79+,80-,84+,85+,86-/m0/s1. The molecule has 5 fully saturated rings. The molecule has 0 aliphatic carbocycles. The van der Waals surface area contributed by atoms with E-state index in [0.29, 0.717) is 12.8 Å². The zero-order valence-corrected chi connectivity index (χ0v) is 74.6. The first kappa shape index (κ1) is 113. The minimum absolute atomic E-state index is 0.147. The van der Waals surface area contributed by atoms with Crippen molar-refractivity contribution in [3.8, 4) is 0 Å². The second kappa shape index (κ2) is 58.4. The Hall–Kier alpha value is -4.79. The lowest BCUT2D eigenvalue weighted by Gasteiger charge is -2.51. The molecular formula is C86H154N4O37. The minimum atomic E-state index is -3.57. The Morgan fingerprint density at radius 3 is 1.09 bits per heavy atom. The molecule has 30 atom stereocenters. The molecular weight excluding hydrogens is 1680 g/mol. The van der Waals surface area contributed by atoms with Gasteiger partial charge in [-0.2, -0.15) is 0 Å². The van der Waals surface area contributed by atoms with Gasteiger partial charge in [-0.25, -0.2) is 14.4 Å². The van der Waals surface area contributed by atoms with Gasteiger partial charge in [-0.1, -0.05) is 219 Å². The summed E-state index contributed by atoms with van der Waals surface area (Å²) in [6.45, 7) is 0.0328. The zero-order chi connectivity index (χ0) is 94.1. The summed E-state index contributed by atoms with van der Waals surface area (Å²) >= 11 is 0. The molecule has 5 aliphatic heterocycles. The van der Waals surface area contributed by atoms with Gasteiger partial charge in [0.1, 0.15) is 104 Å². The molecule has 0 radical (unpaired) electrons. The minimum Gasteiger partial charge on any atom is -0.477 e. The first-order valence-corrected chi connectivity index (χ1v) is 46.2. The van der Waals surface area contributed by atoms with Crippen molar-refractivity contribution in [1.29, 1.82) is 0 Å². The largest absolute Gasteiger partial charge is 0.477 e. The highest BCUT2D eigenvalue weighted by Crippen LogP contribution is 2.43. The van der Waals surface area contributed by atoms with Crippen LogP contribution in [-0.2, 0) is 80.9 Å². The van der Waals surface area contributed by atoms with Crippen LogP contribution in [0.3, 0.4) is 0 Å². The van der Waals surface area contributed by atoms with E-state index in [4.69, 9.17) is 47.4 Å². The van der Waals surface area contributed by atoms with Crippen molar-refractivity contribution in [3.63, 3.8) is 0 Å². The van der Waals surface area contributed by atoms with E-state index >= 15 is 0 Å². The van der Waals surface area contributed by atoms with Gasteiger partial charge in [0, 0.05) is 46.5 Å². The van der Waals surface area contributed by atoms with Crippen molar-refractivity contribution < 1.29 is 183 Å². The normalized spacial score (nSPS) is 31.9. The van der Waals surface area contributed by atoms with Crippen LogP contribution in [0.4, 0.5) is 0 Å². The number of carboxylic acids is 3. The Balaban J connectivity index is 1.31. The number of rotatable bonds is 65. The fourth-order valence-electron chi connectivity index (χ4n) is 17.3. The molecule has 5 rings (SSSR count). The number of carbonyl (C=O) groups is 7. The first-order chi connectivity index (χ1) is 60.5. The molecule has 3 unspecified atom stereocenters. The van der Waals surface area contributed by atoms with Crippen molar-refractivity contribution in [2.75, 3.05) is 39.6 Å². The maximum absolute atomic E-state index is 13.8. The van der Waals surface area contributed by atoms with E-state index < -0.39 is 277 Å². The third kappa shape index (κ3) is 34.9. The number of nitrogens with one attached hydrogen (secondary N) is 4. The van der Waals surface area contributed by atoms with Crippen LogP contribution in [0.25, 0.3) is 0 Å². The predicted molar refractivity (Wildman–Crippen MR) is 448 cm³/mol. The summed E-state index contributed by atoms with van der Waals surface area (Å²) in [5.74, 6) is -20.5. The highest BCUT2D eigenvalue weighted by Gasteiger charge is 2.64. The number of carbonyl (C=O) groups excluding carboxylic acids is 4. The van der Waals surface area contributed by atoms with Gasteiger partial charge in [-0.05, 0) is 12.8 Å². The number of hydrogen-bond acceptors (Lipinski definition) is 34. The summed E-state index contributed by atoms with van der Waals surface area (Å²) in [5, 5.41) is 235. The van der Waals surface area contributed by atoms with E-state index in [-0.39, 0.29) is 18.7 Å². The van der Waals surface area contributed by atoms with Gasteiger partial charge in [0.05, 0.1) is 88.2 Å². The maximum atomic E-state index is 13.8. The van der Waals surface area contributed by atoms with Crippen LogP contribution in [0.15, 0.2) is 0 Å². The van der Waals surface area contributed by atoms with Crippen molar-refractivity contribution in [3.05, 3.63) is 0 Å². The molecule has 5 saturated heterocycles. The second-order valence-corrected chi connectivity index (χ2v) is 35.0. The zero-order valence-electron chi connectivity index (χ0n) is 74.6. The van der Waals surface area contributed by atoms with E-state index in [1.54, 1.807) is 0 Å². The summed E-state index contributed by atoms with van der Waals surface area (Å²) < 4.78 is 58.4. The van der Waals surface area contributed by atoms with Crippen LogP contribution >= 0.6 is 0 Å². The Bertz CT molecular complexity index is 3140. The van der Waals surface area contributed by atoms with Crippen LogP contribution in [0.5, 0.6) is 0 Å². The molecule has 0 bridgehead atoms. The van der Waals surface area contributed by atoms with E-state index in [0.717, 1.165) is 85.0 Å². The SMILES string of the molecule is CCCCCCCCCCCCCCCCCCCCCCC(=O)N[C@@H](CO[C@@H]1O[C@H](CO)[C@@H](O[C@@H]2O[C@H](CO)[C@H](O)[C@H](O[C@]3(C(=O)O)C[C@H](O)[C@@H](NC(C)=O)C([C@H](O)[C@@H](CO)O[C@]4(C(=O)O)C[C@H](O)[C@@H](NC(C)=O)C([C@H](O)[C@@H](CO)O[C@]5(C(=O)O)C[C@H](O)[C@@H](NC(C)=O)C([C@H](O)[C@H](O)CO)O5)O4)O3)[C@H]2O)[C@H](O)[C@H]1O)[C@H](O)CCCCCCCCCCCCCCC. The molecule has 740 valence electrons. The summed E-state index contributed by atoms with van der Waals surface area (Å²) in [6, 6.07) is -6.93. The average Bonchev–Trinajstić information content (AvgIpc) is 0.750. The van der Waals surface area contributed by atoms with Crippen molar-refractivity contribution in [1.82, 2.24) is 21.3 Å². The molecule has 0 saturated carbocycles. The summed E-state index contributed by atoms with van der Waals surface area (Å²) in [4.78, 5) is 92.3. The van der Waals surface area contributed by atoms with E-state index in [2.05, 4.69) is 35.1 Å². The van der Waals surface area contributed by atoms with E-state index in [9.17, 15) is 136 Å². The number of hydrogen-bond donors (Lipinski definition) is 24. The fraction of sp³-hybridized carbons (Fsp3) is 0.919. The fourth-order valence-corrected chi connectivity index (χ4v) is 17.3. The number of carboxylic acid groups (broad SMARTS) is 3. The second-order valence-electron chi connectivity index (χ2n) is 35.0. The highest BCUT2D eigenvalue weighted by molar-refractivity contribution is 5.79. The molecule has 41 nitrogen and oxygen atoms in total. The molecule has 0 aromatic carbocycles. The molecule has 4 amide bonds. The van der Waals surface area contributed by atoms with Gasteiger partial charge < -0.3 is 171 Å². The lowest BCUT2D eigenvalue weighted by molar-refractivity contribution is -0.388. The number of unbranched alkanes of at least 4 members (excludes halogenated alkanes) is 31. The third-order valence-corrected chi connectivity index (χ3v) is 24.6. The summed E-state index contributed by atoms with van der Waals surface area (Å²) in [5.41, 5.74) is 0. The molecule has 0 spiro atoms. The number of aliphatic carboxylic acids is 3. The van der Waals surface area contributed by atoms with Crippen LogP contribution in [0, 0.1) is 0 Å². The molecule has 5 aliphatic rings. The lowest BCUT2D eigenvalue weighted by Crippen LogP contribution is -2.72. The Kier molecular flexibility index (Phi) is 51.8. The monoisotopic (exact) mass is 1840 g/mol. The highest BCUT2D eigenvalue weighted by atomic mass is 16.8. The first-order valence-electron chi connectivity index (χ1n) is 46.2. The molecule has 5 heterocycles. The van der Waals surface area contributed by atoms with Gasteiger partial charge in [-0.3, -0.25) is 19.2 Å². The van der Waals surface area contributed by atoms with Crippen molar-refractivity contribution >= 4 is 41.5 Å². The quantitative estimate of drug-likeness (QED) is 0.0347. The Morgan fingerprint density at radius 1 is 0.394 bits per heavy atom. The molecule has 0 aromatic heterocycles. The van der Waals surface area contributed by atoms with Crippen molar-refractivity contribution in [2.45, 2.75) is 461 Å². The molecule has 24 N–H and O–H groups in total. The Labute approximate surface area is 743 Å². The van der Waals surface area contributed by atoms with Gasteiger partial charge in [0.25, 0.3) is 17.4 Å². The molecule has 127 heavy (non-hydrogen) atoms. The van der Waals surface area contributed by atoms with Gasteiger partial charge in [0.2, 0.25) is 23.6 Å². The van der Waals surface area contributed by atoms with Crippen molar-refractivity contribution in [2.24, 2.45) is 0 Å². The third-order valence-electron chi connectivity index (χ3n) is 24.6. The maximum Gasteiger partial charge on any atom is 0.364 e. The summed E-state index contributed by atoms with van der Waals surface area (Å²) in [6.07, 6.45) is -17.2. The van der Waals surface area contributed by atoms with Crippen LogP contribution < -0.4 is 21.3 Å². The smallest absolute Gasteiger partial charge is 0.364 e. The topological polar surface area (TPSA) is 665 Å². The molecule has 0 aromatic rings. The van der Waals surface area contributed by atoms with Crippen LogP contribution in [-0.4, -0.2) is 366 Å². The van der Waals surface area contributed by atoms with Crippen LogP contribution in [0.1, 0.15) is 279 Å². The number of ether oxygens (including phenoxy) is 10. The molecule has 41 heteroatoms. The van der Waals surface area contributed by atoms with Gasteiger partial charge in [-0.15, -0.1) is 0 Å². The lowest BCUT2D eigenvalue weighted by atomic mass is 9.86. The number of aliphatic hydroxyl groups excluding tert-OH is 17. The van der Waals surface area contributed by atoms with E-state index in [1.807, 2.05) is 0 Å².